The summed E-state index contributed by atoms with van der Waals surface area (Å²) in [6.45, 7) is 4.16. The fourth-order valence-corrected chi connectivity index (χ4v) is 2.61. The van der Waals surface area contributed by atoms with Crippen LogP contribution in [-0.2, 0) is 14.5 Å². The molecule has 20 heavy (non-hydrogen) atoms. The minimum atomic E-state index is -0.909. The van der Waals surface area contributed by atoms with Crippen molar-refractivity contribution >= 4 is 5.57 Å². The Morgan fingerprint density at radius 2 is 1.95 bits per heavy atom. The Morgan fingerprint density at radius 3 is 2.55 bits per heavy atom. The third-order valence-corrected chi connectivity index (χ3v) is 3.86. The van der Waals surface area contributed by atoms with Crippen LogP contribution in [-0.4, -0.2) is 18.5 Å². The number of benzene rings is 1. The highest BCUT2D eigenvalue weighted by atomic mass is 19.2. The molecule has 0 radical (unpaired) electrons. The molecule has 1 heterocycles. The predicted molar refractivity (Wildman–Crippen MR) is 68.5 cm³/mol. The molecule has 2 aliphatic rings. The maximum atomic E-state index is 13.2. The van der Waals surface area contributed by atoms with Crippen LogP contribution in [0.1, 0.15) is 31.2 Å². The highest BCUT2D eigenvalue weighted by molar-refractivity contribution is 5.66. The van der Waals surface area contributed by atoms with Gasteiger partial charge in [0.15, 0.2) is 11.6 Å². The van der Waals surface area contributed by atoms with E-state index in [-0.39, 0.29) is 0 Å². The van der Waals surface area contributed by atoms with Crippen LogP contribution < -0.4 is 0 Å². The van der Waals surface area contributed by atoms with E-state index in [1.165, 1.54) is 6.07 Å². The molecule has 5 heteroatoms. The smallest absolute Gasteiger partial charge is 0.201 e. The lowest BCUT2D eigenvalue weighted by Gasteiger charge is -2.36. The molecule has 108 valence electrons. The molecule has 1 aromatic carbocycles. The molecule has 1 unspecified atom stereocenters. The van der Waals surface area contributed by atoms with Gasteiger partial charge in [-0.25, -0.2) is 18.6 Å². The van der Waals surface area contributed by atoms with Crippen molar-refractivity contribution in [2.45, 2.75) is 37.6 Å². The van der Waals surface area contributed by atoms with Crippen LogP contribution >= 0.6 is 0 Å². The van der Waals surface area contributed by atoms with Crippen molar-refractivity contribution in [2.75, 3.05) is 6.61 Å². The monoisotopic (exact) mass is 282 g/mol. The fraction of sp³-hybridized carbons (Fsp3) is 0.467. The molecule has 1 aliphatic heterocycles. The summed E-state index contributed by atoms with van der Waals surface area (Å²) < 4.78 is 31.9. The highest BCUT2D eigenvalue weighted by Crippen LogP contribution is 2.38. The minimum absolute atomic E-state index is 0.303. The molecule has 3 rings (SSSR count). The standard InChI is InChI=1S/C15H16F2O3/c1-10(11-4-5-12(16)13(17)8-11)14-9-18-15(20-19-14)6-2-3-7-15/h4-5,8,14H,1-3,6-7,9H2. The molecule has 3 nitrogen and oxygen atoms in total. The summed E-state index contributed by atoms with van der Waals surface area (Å²) in [5.41, 5.74) is 0.986. The van der Waals surface area contributed by atoms with E-state index in [4.69, 9.17) is 14.5 Å². The molecule has 1 atom stereocenters. The van der Waals surface area contributed by atoms with Crippen LogP contribution in [0.3, 0.4) is 0 Å². The first-order valence-electron chi connectivity index (χ1n) is 6.72. The number of hydrogen-bond acceptors (Lipinski definition) is 3. The molecular formula is C15H16F2O3. The van der Waals surface area contributed by atoms with Crippen LogP contribution in [0.5, 0.6) is 0 Å². The van der Waals surface area contributed by atoms with Crippen molar-refractivity contribution in [1.82, 2.24) is 0 Å². The van der Waals surface area contributed by atoms with Crippen LogP contribution in [0.4, 0.5) is 8.78 Å². The van der Waals surface area contributed by atoms with Gasteiger partial charge in [0.2, 0.25) is 5.79 Å². The Morgan fingerprint density at radius 1 is 1.20 bits per heavy atom. The number of hydrogen-bond donors (Lipinski definition) is 0. The maximum Gasteiger partial charge on any atom is 0.201 e. The van der Waals surface area contributed by atoms with Gasteiger partial charge in [0, 0.05) is 12.8 Å². The number of halogens is 2. The quantitative estimate of drug-likeness (QED) is 0.776. The number of ether oxygens (including phenoxy) is 1. The average Bonchev–Trinajstić information content (AvgIpc) is 2.90. The van der Waals surface area contributed by atoms with Gasteiger partial charge >= 0.3 is 0 Å². The summed E-state index contributed by atoms with van der Waals surface area (Å²) in [6.07, 6.45) is 3.23. The van der Waals surface area contributed by atoms with Crippen molar-refractivity contribution in [1.29, 1.82) is 0 Å². The van der Waals surface area contributed by atoms with E-state index in [1.54, 1.807) is 0 Å². The summed E-state index contributed by atoms with van der Waals surface area (Å²) in [5, 5.41) is 0. The van der Waals surface area contributed by atoms with E-state index in [9.17, 15) is 8.78 Å². The molecule has 2 fully saturated rings. The average molecular weight is 282 g/mol. The molecule has 1 aliphatic carbocycles. The first-order chi connectivity index (χ1) is 9.60. The Bertz CT molecular complexity index is 514. The predicted octanol–water partition coefficient (Wildman–Crippen LogP) is 3.60. The molecule has 1 aromatic rings. The van der Waals surface area contributed by atoms with Crippen LogP contribution in [0.2, 0.25) is 0 Å². The Hall–Kier alpha value is -1.30. The Kier molecular flexibility index (Phi) is 3.58. The summed E-state index contributed by atoms with van der Waals surface area (Å²) in [7, 11) is 0. The van der Waals surface area contributed by atoms with Crippen molar-refractivity contribution < 1.29 is 23.3 Å². The lowest BCUT2D eigenvalue weighted by molar-refractivity contribution is -0.475. The zero-order chi connectivity index (χ0) is 14.2. The molecule has 1 saturated carbocycles. The zero-order valence-corrected chi connectivity index (χ0v) is 11.0. The second-order valence-electron chi connectivity index (χ2n) is 5.25. The normalized spacial score (nSPS) is 25.0. The Labute approximate surface area is 116 Å². The van der Waals surface area contributed by atoms with E-state index in [2.05, 4.69) is 6.58 Å². The third-order valence-electron chi connectivity index (χ3n) is 3.86. The van der Waals surface area contributed by atoms with E-state index < -0.39 is 23.5 Å². The van der Waals surface area contributed by atoms with Gasteiger partial charge in [-0.15, -0.1) is 0 Å². The first kappa shape index (κ1) is 13.7. The topological polar surface area (TPSA) is 27.7 Å². The first-order valence-corrected chi connectivity index (χ1v) is 6.72. The van der Waals surface area contributed by atoms with Crippen LogP contribution in [0.25, 0.3) is 5.57 Å². The lowest BCUT2D eigenvalue weighted by Crippen LogP contribution is -2.43. The van der Waals surface area contributed by atoms with Gasteiger partial charge in [0.1, 0.15) is 6.10 Å². The maximum absolute atomic E-state index is 13.2. The van der Waals surface area contributed by atoms with Gasteiger partial charge in [0.25, 0.3) is 0 Å². The molecule has 1 saturated heterocycles. The minimum Gasteiger partial charge on any atom is -0.344 e. The largest absolute Gasteiger partial charge is 0.344 e. The Balaban J connectivity index is 1.68. The van der Waals surface area contributed by atoms with Crippen LogP contribution in [0, 0.1) is 11.6 Å². The van der Waals surface area contributed by atoms with Crippen molar-refractivity contribution in [3.8, 4) is 0 Å². The molecule has 0 amide bonds. The highest BCUT2D eigenvalue weighted by Gasteiger charge is 2.42. The van der Waals surface area contributed by atoms with Gasteiger partial charge in [-0.05, 0) is 36.1 Å². The van der Waals surface area contributed by atoms with E-state index in [1.807, 2.05) is 0 Å². The van der Waals surface area contributed by atoms with Gasteiger partial charge in [0.05, 0.1) is 6.61 Å². The van der Waals surface area contributed by atoms with E-state index in [0.29, 0.717) is 17.7 Å². The van der Waals surface area contributed by atoms with Gasteiger partial charge in [-0.1, -0.05) is 12.6 Å². The lowest BCUT2D eigenvalue weighted by atomic mass is 10.0. The molecule has 0 bridgehead atoms. The fourth-order valence-electron chi connectivity index (χ4n) is 2.61. The van der Waals surface area contributed by atoms with Crippen molar-refractivity contribution in [2.24, 2.45) is 0 Å². The number of rotatable bonds is 2. The molecular weight excluding hydrogens is 266 g/mol. The van der Waals surface area contributed by atoms with Crippen molar-refractivity contribution in [3.63, 3.8) is 0 Å². The second kappa shape index (κ2) is 5.24. The third kappa shape index (κ3) is 2.49. The molecule has 0 N–H and O–H groups in total. The molecule has 1 spiro atoms. The summed E-state index contributed by atoms with van der Waals surface area (Å²) in [6, 6.07) is 3.63. The molecule has 0 aromatic heterocycles. The van der Waals surface area contributed by atoms with Gasteiger partial charge in [-0.3, -0.25) is 0 Å². The van der Waals surface area contributed by atoms with Gasteiger partial charge < -0.3 is 4.74 Å². The summed E-state index contributed by atoms with van der Waals surface area (Å²) in [4.78, 5) is 10.7. The zero-order valence-electron chi connectivity index (χ0n) is 11.0. The van der Waals surface area contributed by atoms with Gasteiger partial charge in [-0.2, -0.15) is 0 Å². The van der Waals surface area contributed by atoms with E-state index >= 15 is 0 Å². The SMILES string of the molecule is C=C(c1ccc(F)c(F)c1)C1COC2(CCCC2)OO1. The van der Waals surface area contributed by atoms with Crippen LogP contribution in [0.15, 0.2) is 24.8 Å². The van der Waals surface area contributed by atoms with Crippen molar-refractivity contribution in [3.05, 3.63) is 42.0 Å². The van der Waals surface area contributed by atoms with E-state index in [0.717, 1.165) is 37.8 Å². The summed E-state index contributed by atoms with van der Waals surface area (Å²) in [5.74, 6) is -2.41. The summed E-state index contributed by atoms with van der Waals surface area (Å²) >= 11 is 0. The second-order valence-corrected chi connectivity index (χ2v) is 5.25.